The minimum Gasteiger partial charge on any atom is -0.443 e. The molecule has 0 aliphatic carbocycles. The second-order valence-electron chi connectivity index (χ2n) is 9.81. The van der Waals surface area contributed by atoms with E-state index in [-0.39, 0.29) is 11.3 Å². The fourth-order valence-electron chi connectivity index (χ4n) is 5.52. The van der Waals surface area contributed by atoms with Crippen molar-refractivity contribution < 1.29 is 13.9 Å². The first-order valence-corrected chi connectivity index (χ1v) is 12.3. The van der Waals surface area contributed by atoms with Crippen LogP contribution in [0.2, 0.25) is 0 Å². The fourth-order valence-corrected chi connectivity index (χ4v) is 5.52. The van der Waals surface area contributed by atoms with E-state index in [1.807, 2.05) is 43.0 Å². The van der Waals surface area contributed by atoms with E-state index >= 15 is 0 Å². The van der Waals surface area contributed by atoms with E-state index in [0.717, 1.165) is 85.2 Å². The molecule has 35 heavy (non-hydrogen) atoms. The molecule has 2 saturated heterocycles. The molecule has 0 atom stereocenters. The van der Waals surface area contributed by atoms with Crippen molar-refractivity contribution in [2.24, 2.45) is 5.41 Å². The molecule has 0 N–H and O–H groups in total. The molecule has 1 amide bonds. The minimum absolute atomic E-state index is 0.242. The molecule has 8 nitrogen and oxygen atoms in total. The number of anilines is 1. The highest BCUT2D eigenvalue weighted by molar-refractivity contribution is 5.84. The molecule has 0 bridgehead atoms. The second-order valence-corrected chi connectivity index (χ2v) is 9.81. The molecule has 3 aromatic rings. The number of piperidine rings is 2. The molecule has 0 unspecified atom stereocenters. The number of aromatic nitrogens is 3. The lowest BCUT2D eigenvalue weighted by Crippen LogP contribution is -2.53. The number of carbonyl (C=O) groups excluding carboxylic acids is 1. The monoisotopic (exact) mass is 475 g/mol. The Labute approximate surface area is 206 Å². The third-order valence-electron chi connectivity index (χ3n) is 7.28. The smallest absolute Gasteiger partial charge is 0.229 e. The standard InChI is InChI=1S/C27H33N5O3/c1-19-14-20(2)30-26(29-19)31-12-9-27(10-13-31)8-5-11-32(25(27)33)16-23-24(35-18-28-23)22-7-4-6-21(15-22)17-34-3/h4,6-7,14-15,18H,5,8-13,16-17H2,1-3H3. The number of hydrogen-bond acceptors (Lipinski definition) is 7. The van der Waals surface area contributed by atoms with Crippen LogP contribution in [0.3, 0.4) is 0 Å². The first kappa shape index (κ1) is 23.5. The van der Waals surface area contributed by atoms with Crippen molar-refractivity contribution in [2.75, 3.05) is 31.6 Å². The first-order valence-electron chi connectivity index (χ1n) is 12.3. The summed E-state index contributed by atoms with van der Waals surface area (Å²) in [5, 5.41) is 0. The fraction of sp³-hybridized carbons (Fsp3) is 0.481. The van der Waals surface area contributed by atoms with Gasteiger partial charge in [-0.25, -0.2) is 15.0 Å². The van der Waals surface area contributed by atoms with Crippen LogP contribution < -0.4 is 4.90 Å². The van der Waals surface area contributed by atoms with Crippen molar-refractivity contribution in [3.05, 3.63) is 59.4 Å². The van der Waals surface area contributed by atoms with Gasteiger partial charge < -0.3 is 19.0 Å². The summed E-state index contributed by atoms with van der Waals surface area (Å²) in [7, 11) is 1.68. The quantitative estimate of drug-likeness (QED) is 0.525. The maximum absolute atomic E-state index is 13.8. The summed E-state index contributed by atoms with van der Waals surface area (Å²) >= 11 is 0. The molecule has 2 aliphatic rings. The van der Waals surface area contributed by atoms with Crippen LogP contribution in [-0.4, -0.2) is 52.5 Å². The molecule has 0 saturated carbocycles. The number of hydrogen-bond donors (Lipinski definition) is 0. The van der Waals surface area contributed by atoms with Crippen molar-refractivity contribution in [3.63, 3.8) is 0 Å². The van der Waals surface area contributed by atoms with Gasteiger partial charge in [0.25, 0.3) is 0 Å². The van der Waals surface area contributed by atoms with Crippen molar-refractivity contribution in [2.45, 2.75) is 52.7 Å². The zero-order valence-electron chi connectivity index (χ0n) is 20.8. The molecule has 2 fully saturated rings. The SMILES string of the molecule is COCc1cccc(-c2ocnc2CN2CCCC3(CCN(c4nc(C)cc(C)n4)CC3)C2=O)c1. The molecular formula is C27H33N5O3. The van der Waals surface area contributed by atoms with Gasteiger partial charge in [0, 0.05) is 43.7 Å². The number of oxazole rings is 1. The highest BCUT2D eigenvalue weighted by Gasteiger charge is 2.46. The zero-order valence-corrected chi connectivity index (χ0v) is 20.8. The maximum Gasteiger partial charge on any atom is 0.229 e. The Balaban J connectivity index is 1.29. The molecule has 0 radical (unpaired) electrons. The number of aryl methyl sites for hydroxylation is 2. The zero-order chi connectivity index (χ0) is 24.4. The van der Waals surface area contributed by atoms with Crippen LogP contribution >= 0.6 is 0 Å². The number of benzene rings is 1. The summed E-state index contributed by atoms with van der Waals surface area (Å²) < 4.78 is 11.0. The molecule has 4 heterocycles. The number of ether oxygens (including phenoxy) is 1. The Morgan fingerprint density at radius 2 is 1.83 bits per heavy atom. The summed E-state index contributed by atoms with van der Waals surface area (Å²) in [4.78, 5) is 31.7. The molecule has 2 aliphatic heterocycles. The highest BCUT2D eigenvalue weighted by Crippen LogP contribution is 2.42. The highest BCUT2D eigenvalue weighted by atomic mass is 16.5. The Morgan fingerprint density at radius 3 is 2.57 bits per heavy atom. The third kappa shape index (κ3) is 4.80. The van der Waals surface area contributed by atoms with Crippen LogP contribution in [0.15, 0.2) is 41.1 Å². The molecular weight excluding hydrogens is 442 g/mol. The lowest BCUT2D eigenvalue weighted by atomic mass is 9.71. The van der Waals surface area contributed by atoms with Crippen LogP contribution in [0, 0.1) is 19.3 Å². The molecule has 184 valence electrons. The van der Waals surface area contributed by atoms with Gasteiger partial charge in [-0.05, 0) is 57.2 Å². The summed E-state index contributed by atoms with van der Waals surface area (Å²) in [5.74, 6) is 1.74. The van der Waals surface area contributed by atoms with Crippen LogP contribution in [0.1, 0.15) is 48.3 Å². The van der Waals surface area contributed by atoms with Gasteiger partial charge in [0.05, 0.1) is 18.6 Å². The minimum atomic E-state index is -0.310. The van der Waals surface area contributed by atoms with Gasteiger partial charge in [-0.15, -0.1) is 0 Å². The third-order valence-corrected chi connectivity index (χ3v) is 7.28. The number of methoxy groups -OCH3 is 1. The van der Waals surface area contributed by atoms with Crippen LogP contribution in [0.25, 0.3) is 11.3 Å². The number of nitrogens with zero attached hydrogens (tertiary/aromatic N) is 5. The molecule has 2 aromatic heterocycles. The van der Waals surface area contributed by atoms with E-state index in [1.165, 1.54) is 6.39 Å². The van der Waals surface area contributed by atoms with Gasteiger partial charge in [0.15, 0.2) is 12.2 Å². The van der Waals surface area contributed by atoms with E-state index in [1.54, 1.807) is 7.11 Å². The van der Waals surface area contributed by atoms with Crippen molar-refractivity contribution >= 4 is 11.9 Å². The van der Waals surface area contributed by atoms with Crippen molar-refractivity contribution in [3.8, 4) is 11.3 Å². The van der Waals surface area contributed by atoms with E-state index in [2.05, 4.69) is 25.9 Å². The van der Waals surface area contributed by atoms with Gasteiger partial charge in [0.1, 0.15) is 5.69 Å². The summed E-state index contributed by atoms with van der Waals surface area (Å²) in [6, 6.07) is 10.1. The van der Waals surface area contributed by atoms with E-state index in [0.29, 0.717) is 13.2 Å². The average molecular weight is 476 g/mol. The number of rotatable bonds is 6. The average Bonchev–Trinajstić information content (AvgIpc) is 3.31. The van der Waals surface area contributed by atoms with Crippen molar-refractivity contribution in [1.29, 1.82) is 0 Å². The van der Waals surface area contributed by atoms with Crippen LogP contribution in [0.5, 0.6) is 0 Å². The van der Waals surface area contributed by atoms with E-state index in [9.17, 15) is 4.79 Å². The lowest BCUT2D eigenvalue weighted by molar-refractivity contribution is -0.148. The van der Waals surface area contributed by atoms with Gasteiger partial charge >= 0.3 is 0 Å². The van der Waals surface area contributed by atoms with Gasteiger partial charge in [0.2, 0.25) is 11.9 Å². The number of likely N-dealkylation sites (tertiary alicyclic amines) is 1. The van der Waals surface area contributed by atoms with Gasteiger partial charge in [-0.2, -0.15) is 0 Å². The van der Waals surface area contributed by atoms with E-state index < -0.39 is 0 Å². The second kappa shape index (κ2) is 9.77. The molecule has 5 rings (SSSR count). The Morgan fingerprint density at radius 1 is 1.06 bits per heavy atom. The largest absolute Gasteiger partial charge is 0.443 e. The first-order chi connectivity index (χ1) is 17.0. The molecule has 1 aromatic carbocycles. The number of amides is 1. The van der Waals surface area contributed by atoms with Crippen molar-refractivity contribution in [1.82, 2.24) is 19.9 Å². The topological polar surface area (TPSA) is 84.6 Å². The Kier molecular flexibility index (Phi) is 6.56. The lowest BCUT2D eigenvalue weighted by Gasteiger charge is -2.46. The summed E-state index contributed by atoms with van der Waals surface area (Å²) in [5.41, 5.74) is 4.46. The normalized spacial score (nSPS) is 17.9. The summed E-state index contributed by atoms with van der Waals surface area (Å²) in [6.07, 6.45) is 5.06. The predicted octanol–water partition coefficient (Wildman–Crippen LogP) is 4.30. The Hall–Kier alpha value is -3.26. The van der Waals surface area contributed by atoms with Gasteiger partial charge in [-0.3, -0.25) is 4.79 Å². The van der Waals surface area contributed by atoms with Crippen LogP contribution in [-0.2, 0) is 22.7 Å². The maximum atomic E-state index is 13.8. The summed E-state index contributed by atoms with van der Waals surface area (Å²) in [6.45, 7) is 7.34. The molecule has 1 spiro atoms. The molecule has 8 heteroatoms. The number of carbonyl (C=O) groups is 1. The van der Waals surface area contributed by atoms with Gasteiger partial charge in [-0.1, -0.05) is 18.2 Å². The Bertz CT molecular complexity index is 1180. The predicted molar refractivity (Wildman–Crippen MR) is 133 cm³/mol. The van der Waals surface area contributed by atoms with E-state index in [4.69, 9.17) is 9.15 Å². The van der Waals surface area contributed by atoms with Crippen LogP contribution in [0.4, 0.5) is 5.95 Å².